The van der Waals surface area contributed by atoms with Crippen LogP contribution in [-0.2, 0) is 0 Å². The molecule has 2 aromatic carbocycles. The molecular formula is C27H35N4O2S+. The summed E-state index contributed by atoms with van der Waals surface area (Å²) in [5.41, 5.74) is 2.75. The average Bonchev–Trinajstić information content (AvgIpc) is 2.87. The smallest absolute Gasteiger partial charge is 0.256 e. The van der Waals surface area contributed by atoms with Gasteiger partial charge in [-0.05, 0) is 84.1 Å². The summed E-state index contributed by atoms with van der Waals surface area (Å²) in [7, 11) is 3.81. The van der Waals surface area contributed by atoms with Crippen LogP contribution in [0.3, 0.4) is 0 Å². The SMILES string of the molecule is CCC/C=C(Sc1ccc(N=O)cc1C(=O)Nc1ccc(C2CCCCC2)cc1)/[N+](C)=C\NC. The van der Waals surface area contributed by atoms with Crippen molar-refractivity contribution in [2.45, 2.75) is 62.7 Å². The molecule has 0 spiro atoms. The largest absolute Gasteiger partial charge is 0.322 e. The normalized spacial score (nSPS) is 15.1. The van der Waals surface area contributed by atoms with Gasteiger partial charge in [0, 0.05) is 10.6 Å². The molecular weight excluding hydrogens is 444 g/mol. The van der Waals surface area contributed by atoms with E-state index in [0.717, 1.165) is 28.5 Å². The lowest BCUT2D eigenvalue weighted by Crippen LogP contribution is -2.16. The Kier molecular flexibility index (Phi) is 9.89. The fourth-order valence-corrected chi connectivity index (χ4v) is 5.23. The number of benzene rings is 2. The van der Waals surface area contributed by atoms with Crippen molar-refractivity contribution in [1.29, 1.82) is 0 Å². The van der Waals surface area contributed by atoms with Gasteiger partial charge < -0.3 is 5.32 Å². The number of amides is 1. The molecule has 7 heteroatoms. The molecule has 1 saturated carbocycles. The summed E-state index contributed by atoms with van der Waals surface area (Å²) in [5.74, 6) is 0.366. The van der Waals surface area contributed by atoms with E-state index in [1.165, 1.54) is 49.4 Å². The Morgan fingerprint density at radius 3 is 2.53 bits per heavy atom. The van der Waals surface area contributed by atoms with Crippen molar-refractivity contribution in [2.75, 3.05) is 19.4 Å². The van der Waals surface area contributed by atoms with E-state index >= 15 is 0 Å². The molecule has 1 aliphatic carbocycles. The van der Waals surface area contributed by atoms with Crippen molar-refractivity contribution < 1.29 is 9.37 Å². The van der Waals surface area contributed by atoms with Crippen molar-refractivity contribution in [1.82, 2.24) is 5.32 Å². The zero-order chi connectivity index (χ0) is 24.3. The predicted octanol–water partition coefficient (Wildman–Crippen LogP) is 7.01. The molecule has 180 valence electrons. The van der Waals surface area contributed by atoms with Gasteiger partial charge in [0.05, 0.1) is 19.7 Å². The van der Waals surface area contributed by atoms with Crippen LogP contribution in [0.1, 0.15) is 73.7 Å². The lowest BCUT2D eigenvalue weighted by atomic mass is 9.84. The lowest BCUT2D eigenvalue weighted by Gasteiger charge is -2.22. The first-order valence-electron chi connectivity index (χ1n) is 12.1. The number of unbranched alkanes of at least 4 members (excludes halogenated alkanes) is 1. The van der Waals surface area contributed by atoms with Crippen molar-refractivity contribution in [3.05, 3.63) is 69.6 Å². The maximum Gasteiger partial charge on any atom is 0.256 e. The first kappa shape index (κ1) is 25.7. The third kappa shape index (κ3) is 7.03. The Morgan fingerprint density at radius 2 is 1.88 bits per heavy atom. The van der Waals surface area contributed by atoms with Crippen LogP contribution in [0.2, 0.25) is 0 Å². The van der Waals surface area contributed by atoms with E-state index in [1.807, 2.05) is 37.1 Å². The number of nitroso groups, excluding NO2 is 1. The minimum atomic E-state index is -0.256. The van der Waals surface area contributed by atoms with Crippen LogP contribution in [0.5, 0.6) is 0 Å². The summed E-state index contributed by atoms with van der Waals surface area (Å²) in [6.07, 6.45) is 12.4. The fraction of sp³-hybridized carbons (Fsp3) is 0.407. The maximum atomic E-state index is 13.3. The topological polar surface area (TPSA) is 73.6 Å². The number of allylic oxidation sites excluding steroid dienone is 1. The van der Waals surface area contributed by atoms with Crippen molar-refractivity contribution in [3.8, 4) is 0 Å². The Bertz CT molecular complexity index is 1040. The number of carbonyl (C=O) groups excluding carboxylic acids is 1. The molecule has 0 radical (unpaired) electrons. The van der Waals surface area contributed by atoms with Gasteiger partial charge in [0.15, 0.2) is 5.03 Å². The highest BCUT2D eigenvalue weighted by Gasteiger charge is 2.18. The quantitative estimate of drug-likeness (QED) is 0.126. The third-order valence-electron chi connectivity index (χ3n) is 6.05. The zero-order valence-electron chi connectivity index (χ0n) is 20.3. The fourth-order valence-electron chi connectivity index (χ4n) is 4.21. The second kappa shape index (κ2) is 13.1. The number of rotatable bonds is 10. The average molecular weight is 480 g/mol. The molecule has 2 aromatic rings. The number of nitrogens with zero attached hydrogens (tertiary/aromatic N) is 2. The molecule has 0 aliphatic heterocycles. The number of hydrogen-bond acceptors (Lipinski definition) is 4. The molecule has 1 fully saturated rings. The van der Waals surface area contributed by atoms with Gasteiger partial charge in [-0.2, -0.15) is 0 Å². The molecule has 0 unspecified atom stereocenters. The molecule has 34 heavy (non-hydrogen) atoms. The second-order valence-corrected chi connectivity index (χ2v) is 9.71. The molecule has 2 N–H and O–H groups in total. The van der Waals surface area contributed by atoms with Crippen LogP contribution in [0.25, 0.3) is 0 Å². The van der Waals surface area contributed by atoms with Gasteiger partial charge in [0.1, 0.15) is 5.69 Å². The first-order valence-corrected chi connectivity index (χ1v) is 12.9. The molecule has 0 aromatic heterocycles. The van der Waals surface area contributed by atoms with Crippen LogP contribution < -0.4 is 10.6 Å². The predicted molar refractivity (Wildman–Crippen MR) is 142 cm³/mol. The van der Waals surface area contributed by atoms with Crippen LogP contribution in [-0.4, -0.2) is 30.9 Å². The van der Waals surface area contributed by atoms with E-state index in [-0.39, 0.29) is 11.6 Å². The highest BCUT2D eigenvalue weighted by Crippen LogP contribution is 2.35. The molecule has 0 heterocycles. The Hall–Kier alpha value is -2.93. The van der Waals surface area contributed by atoms with E-state index in [0.29, 0.717) is 11.5 Å². The molecule has 3 rings (SSSR count). The standard InChI is InChI=1S/C27H34N4O2S/c1-4-5-11-26(31(3)19-28-2)34-25-17-16-23(30-33)18-24(25)27(32)29-22-14-12-21(13-15-22)20-9-7-6-8-10-20/h11-20H,4-10H2,1-3H3,(H,29,32)/p+1/b26-11-. The molecule has 0 atom stereocenters. The second-order valence-electron chi connectivity index (χ2n) is 8.64. The number of anilines is 1. The number of thioether (sulfide) groups is 1. The van der Waals surface area contributed by atoms with Gasteiger partial charge in [-0.3, -0.25) is 10.1 Å². The van der Waals surface area contributed by atoms with Crippen LogP contribution in [0, 0.1) is 4.91 Å². The molecule has 1 amide bonds. The lowest BCUT2D eigenvalue weighted by molar-refractivity contribution is -0.426. The van der Waals surface area contributed by atoms with Gasteiger partial charge in [-0.15, -0.1) is 4.91 Å². The number of nitrogens with one attached hydrogen (secondary N) is 2. The Balaban J connectivity index is 1.82. The van der Waals surface area contributed by atoms with Crippen molar-refractivity contribution >= 4 is 35.4 Å². The van der Waals surface area contributed by atoms with Crippen LogP contribution in [0.15, 0.2) is 63.6 Å². The molecule has 0 saturated heterocycles. The summed E-state index contributed by atoms with van der Waals surface area (Å²) < 4.78 is 1.98. The number of hydrogen-bond donors (Lipinski definition) is 2. The summed E-state index contributed by atoms with van der Waals surface area (Å²) in [6, 6.07) is 13.2. The maximum absolute atomic E-state index is 13.3. The summed E-state index contributed by atoms with van der Waals surface area (Å²) in [6.45, 7) is 2.13. The van der Waals surface area contributed by atoms with Gasteiger partial charge in [0.2, 0.25) is 6.34 Å². The van der Waals surface area contributed by atoms with E-state index in [4.69, 9.17) is 0 Å². The van der Waals surface area contributed by atoms with E-state index < -0.39 is 0 Å². The van der Waals surface area contributed by atoms with E-state index in [2.05, 4.69) is 40.9 Å². The Labute approximate surface area is 206 Å². The van der Waals surface area contributed by atoms with Crippen LogP contribution in [0.4, 0.5) is 11.4 Å². The minimum Gasteiger partial charge on any atom is -0.322 e. The van der Waals surface area contributed by atoms with Gasteiger partial charge in [0.25, 0.3) is 5.91 Å². The van der Waals surface area contributed by atoms with Gasteiger partial charge in [-0.25, -0.2) is 4.58 Å². The van der Waals surface area contributed by atoms with E-state index in [1.54, 1.807) is 18.2 Å². The Morgan fingerprint density at radius 1 is 1.15 bits per heavy atom. The van der Waals surface area contributed by atoms with E-state index in [9.17, 15) is 9.70 Å². The number of carbonyl (C=O) groups is 1. The summed E-state index contributed by atoms with van der Waals surface area (Å²) in [4.78, 5) is 25.2. The van der Waals surface area contributed by atoms with Crippen molar-refractivity contribution in [3.63, 3.8) is 0 Å². The minimum absolute atomic E-state index is 0.233. The van der Waals surface area contributed by atoms with Gasteiger partial charge >= 0.3 is 0 Å². The summed E-state index contributed by atoms with van der Waals surface area (Å²) >= 11 is 1.49. The highest BCUT2D eigenvalue weighted by molar-refractivity contribution is 8.02. The van der Waals surface area contributed by atoms with Crippen molar-refractivity contribution in [2.24, 2.45) is 5.18 Å². The summed E-state index contributed by atoms with van der Waals surface area (Å²) in [5, 5.41) is 10.1. The molecule has 0 bridgehead atoms. The molecule has 6 nitrogen and oxygen atoms in total. The molecule has 1 aliphatic rings. The zero-order valence-corrected chi connectivity index (χ0v) is 21.2. The van der Waals surface area contributed by atoms with Crippen LogP contribution >= 0.6 is 11.8 Å². The first-order chi connectivity index (χ1) is 16.5. The third-order valence-corrected chi connectivity index (χ3v) is 7.29. The highest BCUT2D eigenvalue weighted by atomic mass is 32.2. The van der Waals surface area contributed by atoms with Gasteiger partial charge in [-0.1, -0.05) is 44.7 Å². The monoisotopic (exact) mass is 479 g/mol.